The lowest BCUT2D eigenvalue weighted by molar-refractivity contribution is 0.604. The van der Waals surface area contributed by atoms with E-state index in [1.54, 1.807) is 0 Å². The molecule has 0 aliphatic carbocycles. The lowest BCUT2D eigenvalue weighted by atomic mass is 9.95. The Morgan fingerprint density at radius 2 is 1.23 bits per heavy atom. The van der Waals surface area contributed by atoms with E-state index in [0.717, 1.165) is 6.42 Å². The molecule has 0 unspecified atom stereocenters. The van der Waals surface area contributed by atoms with Crippen LogP contribution in [0.1, 0.15) is 99.3 Å². The zero-order valence-corrected chi connectivity index (χ0v) is 30.8. The molecule has 0 atom stereocenters. The zero-order chi connectivity index (χ0) is 30.6. The van der Waals surface area contributed by atoms with Crippen LogP contribution < -0.4 is 4.90 Å². The van der Waals surface area contributed by atoms with Gasteiger partial charge in [0.05, 0.1) is 5.00 Å². The molecule has 0 spiro atoms. The van der Waals surface area contributed by atoms with Crippen LogP contribution in [-0.2, 0) is 11.8 Å². The van der Waals surface area contributed by atoms with Crippen molar-refractivity contribution in [3.8, 4) is 20.9 Å². The van der Waals surface area contributed by atoms with Gasteiger partial charge in [-0.1, -0.05) is 89.5 Å². The first-order valence-electron chi connectivity index (χ1n) is 15.0. The quantitative estimate of drug-likeness (QED) is 0.194. The molecule has 0 saturated heterocycles. The number of rotatable bonds is 4. The Morgan fingerprint density at radius 1 is 0.675 bits per heavy atom. The van der Waals surface area contributed by atoms with Gasteiger partial charge in [0.25, 0.3) is 0 Å². The Kier molecular flexibility index (Phi) is 15.8. The molecular weight excluding hydrogens is 563 g/mol. The van der Waals surface area contributed by atoms with Crippen LogP contribution in [0, 0.1) is 0 Å². The summed E-state index contributed by atoms with van der Waals surface area (Å²) in [5.74, 6) is 0. The Labute approximate surface area is 261 Å². The summed E-state index contributed by atoms with van der Waals surface area (Å²) in [6.07, 6.45) is 2.34. The molecule has 0 amide bonds. The molecular formula is C35H53NS4. The molecule has 0 saturated carbocycles. The molecule has 0 aliphatic rings. The summed E-state index contributed by atoms with van der Waals surface area (Å²) in [5.41, 5.74) is 3.01. The number of nitrogens with zero attached hydrogens (tertiary/aromatic N) is 1. The number of anilines is 1. The van der Waals surface area contributed by atoms with E-state index in [1.807, 2.05) is 86.9 Å². The highest BCUT2D eigenvalue weighted by molar-refractivity contribution is 7.25. The van der Waals surface area contributed by atoms with E-state index < -0.39 is 0 Å². The van der Waals surface area contributed by atoms with Crippen LogP contribution in [0.15, 0.2) is 41.8 Å². The van der Waals surface area contributed by atoms with Gasteiger partial charge in [-0.25, -0.2) is 0 Å². The van der Waals surface area contributed by atoms with Gasteiger partial charge in [-0.3, -0.25) is 0 Å². The molecule has 5 rings (SSSR count). The minimum atomic E-state index is 0.174. The number of benzene rings is 1. The maximum Gasteiger partial charge on any atom is 0.0916 e. The van der Waals surface area contributed by atoms with Gasteiger partial charge in [0, 0.05) is 64.9 Å². The van der Waals surface area contributed by atoms with Crippen molar-refractivity contribution in [2.75, 3.05) is 19.0 Å². The highest BCUT2D eigenvalue weighted by Gasteiger charge is 2.24. The van der Waals surface area contributed by atoms with E-state index in [4.69, 9.17) is 0 Å². The monoisotopic (exact) mass is 615 g/mol. The summed E-state index contributed by atoms with van der Waals surface area (Å²) in [6.45, 7) is 25.4. The predicted octanol–water partition coefficient (Wildman–Crippen LogP) is 14.0. The first-order chi connectivity index (χ1) is 19.2. The molecule has 0 fully saturated rings. The van der Waals surface area contributed by atoms with Crippen molar-refractivity contribution in [3.63, 3.8) is 0 Å². The summed E-state index contributed by atoms with van der Waals surface area (Å²) < 4.78 is 2.83. The first-order valence-corrected chi connectivity index (χ1v) is 18.4. The predicted molar refractivity (Wildman–Crippen MR) is 196 cm³/mol. The number of fused-ring (bicyclic) bond motifs is 2. The average Bonchev–Trinajstić information content (AvgIpc) is 3.76. The molecule has 40 heavy (non-hydrogen) atoms. The van der Waals surface area contributed by atoms with Crippen molar-refractivity contribution in [1.29, 1.82) is 0 Å². The normalized spacial score (nSPS) is 10.4. The molecule has 4 aromatic heterocycles. The average molecular weight is 616 g/mol. The Balaban J connectivity index is 0.000000804. The summed E-state index contributed by atoms with van der Waals surface area (Å²) in [4.78, 5) is 7.92. The van der Waals surface area contributed by atoms with Crippen LogP contribution in [0.25, 0.3) is 41.1 Å². The number of hydrogen-bond donors (Lipinski definition) is 0. The molecule has 1 aromatic carbocycles. The maximum absolute atomic E-state index is 2.40. The smallest absolute Gasteiger partial charge is 0.0916 e. The summed E-state index contributed by atoms with van der Waals surface area (Å²) in [7, 11) is 4.30. The topological polar surface area (TPSA) is 3.24 Å². The van der Waals surface area contributed by atoms with Gasteiger partial charge in [0.2, 0.25) is 0 Å². The lowest BCUT2D eigenvalue weighted by Crippen LogP contribution is -2.07. The van der Waals surface area contributed by atoms with E-state index in [-0.39, 0.29) is 5.41 Å². The van der Waals surface area contributed by atoms with E-state index >= 15 is 0 Å². The van der Waals surface area contributed by atoms with Crippen LogP contribution in [0.2, 0.25) is 0 Å². The molecule has 0 radical (unpaired) electrons. The van der Waals surface area contributed by atoms with Gasteiger partial charge in [-0.05, 0) is 53.6 Å². The van der Waals surface area contributed by atoms with Crippen LogP contribution in [0.5, 0.6) is 0 Å². The van der Waals surface area contributed by atoms with Crippen LogP contribution in [-0.4, -0.2) is 14.1 Å². The number of aryl methyl sites for hydroxylation is 1. The third-order valence-electron chi connectivity index (χ3n) is 5.67. The van der Waals surface area contributed by atoms with Gasteiger partial charge < -0.3 is 4.90 Å². The van der Waals surface area contributed by atoms with E-state index in [0.29, 0.717) is 0 Å². The molecule has 0 N–H and O–H groups in total. The number of hydrogen-bond acceptors (Lipinski definition) is 5. The van der Waals surface area contributed by atoms with Crippen LogP contribution in [0.3, 0.4) is 0 Å². The fourth-order valence-electron chi connectivity index (χ4n) is 3.98. The third-order valence-corrected chi connectivity index (χ3v) is 10.7. The van der Waals surface area contributed by atoms with Crippen LogP contribution in [0.4, 0.5) is 5.00 Å². The number of thiophene rings is 4. The van der Waals surface area contributed by atoms with Crippen LogP contribution >= 0.6 is 45.3 Å². The van der Waals surface area contributed by atoms with Crippen molar-refractivity contribution >= 4 is 70.5 Å². The first kappa shape index (κ1) is 36.4. The van der Waals surface area contributed by atoms with E-state index in [2.05, 4.69) is 102 Å². The largest absolute Gasteiger partial charge is 0.370 e. The summed E-state index contributed by atoms with van der Waals surface area (Å²) in [6, 6.07) is 14.0. The van der Waals surface area contributed by atoms with Crippen molar-refractivity contribution in [2.45, 2.75) is 101 Å². The maximum atomic E-state index is 2.40. The van der Waals surface area contributed by atoms with Gasteiger partial charge in [0.15, 0.2) is 0 Å². The van der Waals surface area contributed by atoms with Crippen molar-refractivity contribution in [2.24, 2.45) is 0 Å². The van der Waals surface area contributed by atoms with E-state index in [1.165, 1.54) is 62.2 Å². The second-order valence-corrected chi connectivity index (χ2v) is 14.1. The second-order valence-electron chi connectivity index (χ2n) is 9.88. The van der Waals surface area contributed by atoms with Crippen molar-refractivity contribution < 1.29 is 0 Å². The zero-order valence-electron chi connectivity index (χ0n) is 27.5. The minimum absolute atomic E-state index is 0.174. The lowest BCUT2D eigenvalue weighted by Gasteiger charge is -2.15. The van der Waals surface area contributed by atoms with Gasteiger partial charge >= 0.3 is 0 Å². The summed E-state index contributed by atoms with van der Waals surface area (Å²) in [5, 5.41) is 6.37. The molecule has 222 valence electrons. The highest BCUT2D eigenvalue weighted by atomic mass is 32.1. The Hall–Kier alpha value is -1.66. The molecule has 1 nitrogen and oxygen atoms in total. The molecule has 0 aliphatic heterocycles. The SMILES string of the molecule is CC.CC.CC.CCC.CCc1ccc(-c2c3cc(N(C)C)sc3c(-c3ccc(C(C)(C)C)s3)c3ccsc23)s1. The minimum Gasteiger partial charge on any atom is -0.370 e. The Bertz CT molecular complexity index is 1400. The highest BCUT2D eigenvalue weighted by Crippen LogP contribution is 2.52. The molecule has 4 heterocycles. The van der Waals surface area contributed by atoms with Crippen molar-refractivity contribution in [3.05, 3.63) is 51.5 Å². The van der Waals surface area contributed by atoms with Gasteiger partial charge in [-0.2, -0.15) is 0 Å². The summed E-state index contributed by atoms with van der Waals surface area (Å²) >= 11 is 7.71. The van der Waals surface area contributed by atoms with Gasteiger partial charge in [0.1, 0.15) is 0 Å². The third kappa shape index (κ3) is 8.21. The fraction of sp³-hybridized carbons (Fsp3) is 0.486. The van der Waals surface area contributed by atoms with Crippen molar-refractivity contribution in [1.82, 2.24) is 0 Å². The molecule has 0 bridgehead atoms. The standard InChI is InChI=1S/C26H27NS4.C3H8.3C2H6/c1-7-15-8-9-18(29-15)23-17-14-21(27(5)6)31-25(17)22(16-12-13-28-24(16)23)19-10-11-20(30-19)26(2,3)4;1-3-2;3*1-2/h8-14H,7H2,1-6H3;3H2,1-2H3;3*1-2H3. The Morgan fingerprint density at radius 3 is 1.73 bits per heavy atom. The van der Waals surface area contributed by atoms with Gasteiger partial charge in [-0.15, -0.1) is 45.3 Å². The fourth-order valence-corrected chi connectivity index (χ4v) is 8.39. The second kappa shape index (κ2) is 17.3. The van der Waals surface area contributed by atoms with E-state index in [9.17, 15) is 0 Å². The molecule has 5 heteroatoms. The molecule has 5 aromatic rings.